The molecule has 0 heterocycles. The summed E-state index contributed by atoms with van der Waals surface area (Å²) in [6.45, 7) is 4.16. The van der Waals surface area contributed by atoms with Gasteiger partial charge in [-0.15, -0.1) is 0 Å². The molecule has 0 fully saturated rings. The van der Waals surface area contributed by atoms with Crippen molar-refractivity contribution in [2.24, 2.45) is 4.99 Å². The lowest BCUT2D eigenvalue weighted by Gasteiger charge is -2.13. The highest BCUT2D eigenvalue weighted by Crippen LogP contribution is 2.28. The van der Waals surface area contributed by atoms with Gasteiger partial charge in [0, 0.05) is 26.6 Å². The molecule has 0 bridgehead atoms. The van der Waals surface area contributed by atoms with Crippen molar-refractivity contribution in [2.45, 2.75) is 39.0 Å². The van der Waals surface area contributed by atoms with Crippen molar-refractivity contribution < 1.29 is 19.0 Å². The summed E-state index contributed by atoms with van der Waals surface area (Å²) in [4.78, 5) is 15.3. The summed E-state index contributed by atoms with van der Waals surface area (Å²) in [5, 5.41) is 6.56. The van der Waals surface area contributed by atoms with E-state index in [9.17, 15) is 4.79 Å². The van der Waals surface area contributed by atoms with Crippen LogP contribution in [0.3, 0.4) is 0 Å². The van der Waals surface area contributed by atoms with Crippen molar-refractivity contribution in [1.29, 1.82) is 0 Å². The van der Waals surface area contributed by atoms with Crippen LogP contribution in [0.1, 0.15) is 38.2 Å². The van der Waals surface area contributed by atoms with Gasteiger partial charge >= 0.3 is 5.97 Å². The first-order chi connectivity index (χ1) is 13.1. The summed E-state index contributed by atoms with van der Waals surface area (Å²) < 4.78 is 15.6. The number of benzene rings is 1. The molecule has 0 aliphatic heterocycles. The molecule has 7 heteroatoms. The van der Waals surface area contributed by atoms with Gasteiger partial charge < -0.3 is 24.8 Å². The minimum Gasteiger partial charge on any atom is -0.493 e. The van der Waals surface area contributed by atoms with E-state index in [0.29, 0.717) is 13.0 Å². The maximum Gasteiger partial charge on any atom is 0.305 e. The van der Waals surface area contributed by atoms with E-state index in [-0.39, 0.29) is 5.97 Å². The number of methoxy groups -OCH3 is 2. The highest BCUT2D eigenvalue weighted by atomic mass is 16.5. The molecule has 0 unspecified atom stereocenters. The molecule has 1 aromatic carbocycles. The minimum atomic E-state index is -0.163. The second-order valence-corrected chi connectivity index (χ2v) is 5.98. The van der Waals surface area contributed by atoms with Crippen molar-refractivity contribution in [3.63, 3.8) is 0 Å². The van der Waals surface area contributed by atoms with E-state index in [1.165, 1.54) is 12.7 Å². The maximum atomic E-state index is 11.1. The van der Waals surface area contributed by atoms with Crippen LogP contribution in [0.4, 0.5) is 0 Å². The van der Waals surface area contributed by atoms with Gasteiger partial charge in [0.1, 0.15) is 0 Å². The van der Waals surface area contributed by atoms with Crippen LogP contribution in [-0.4, -0.2) is 52.9 Å². The van der Waals surface area contributed by atoms with Gasteiger partial charge in [-0.25, -0.2) is 0 Å². The Kier molecular flexibility index (Phi) is 11.5. The molecule has 0 spiro atoms. The molecule has 1 aromatic rings. The van der Waals surface area contributed by atoms with Gasteiger partial charge in [0.2, 0.25) is 0 Å². The summed E-state index contributed by atoms with van der Waals surface area (Å²) in [5.74, 6) is 2.16. The first-order valence-corrected chi connectivity index (χ1v) is 9.45. The minimum absolute atomic E-state index is 0.163. The highest BCUT2D eigenvalue weighted by molar-refractivity contribution is 5.79. The molecule has 0 aliphatic rings. The smallest absolute Gasteiger partial charge is 0.305 e. The molecule has 0 aromatic heterocycles. The third-order valence-corrected chi connectivity index (χ3v) is 4.01. The van der Waals surface area contributed by atoms with E-state index in [1.54, 1.807) is 14.2 Å². The van der Waals surface area contributed by atoms with Gasteiger partial charge in [0.05, 0.1) is 20.8 Å². The van der Waals surface area contributed by atoms with Crippen LogP contribution in [0.15, 0.2) is 23.2 Å². The van der Waals surface area contributed by atoms with Crippen LogP contribution >= 0.6 is 0 Å². The first kappa shape index (κ1) is 22.6. The normalized spacial score (nSPS) is 11.0. The highest BCUT2D eigenvalue weighted by Gasteiger charge is 2.05. The van der Waals surface area contributed by atoms with Gasteiger partial charge in [0.25, 0.3) is 0 Å². The van der Waals surface area contributed by atoms with Gasteiger partial charge in [-0.2, -0.15) is 0 Å². The van der Waals surface area contributed by atoms with Gasteiger partial charge in [0.15, 0.2) is 17.5 Å². The van der Waals surface area contributed by atoms with Gasteiger partial charge in [-0.3, -0.25) is 9.79 Å². The average Bonchev–Trinajstić information content (AvgIpc) is 2.69. The van der Waals surface area contributed by atoms with E-state index in [4.69, 9.17) is 9.47 Å². The molecule has 7 nitrogen and oxygen atoms in total. The zero-order valence-electron chi connectivity index (χ0n) is 17.0. The fourth-order valence-electron chi connectivity index (χ4n) is 2.57. The Morgan fingerprint density at radius 2 is 1.81 bits per heavy atom. The van der Waals surface area contributed by atoms with E-state index in [1.807, 2.05) is 19.1 Å². The van der Waals surface area contributed by atoms with Crippen molar-refractivity contribution in [3.05, 3.63) is 23.8 Å². The van der Waals surface area contributed by atoms with Crippen LogP contribution in [0, 0.1) is 0 Å². The number of aliphatic imine (C=N–C) groups is 1. The topological polar surface area (TPSA) is 81.2 Å². The summed E-state index contributed by atoms with van der Waals surface area (Å²) in [6.07, 6.45) is 4.06. The van der Waals surface area contributed by atoms with Gasteiger partial charge in [-0.1, -0.05) is 6.07 Å². The molecule has 0 radical (unpaired) electrons. The van der Waals surface area contributed by atoms with Crippen LogP contribution in [0.25, 0.3) is 0 Å². The average molecular weight is 380 g/mol. The third kappa shape index (κ3) is 9.17. The molecule has 2 N–H and O–H groups in total. The monoisotopic (exact) mass is 379 g/mol. The Labute approximate surface area is 162 Å². The summed E-state index contributed by atoms with van der Waals surface area (Å²) in [5.41, 5.74) is 1.21. The lowest BCUT2D eigenvalue weighted by atomic mass is 10.1. The second-order valence-electron chi connectivity index (χ2n) is 5.98. The van der Waals surface area contributed by atoms with Crippen LogP contribution in [0.2, 0.25) is 0 Å². The first-order valence-electron chi connectivity index (χ1n) is 9.45. The van der Waals surface area contributed by atoms with Crippen LogP contribution < -0.4 is 20.1 Å². The molecule has 0 aliphatic carbocycles. The number of nitrogens with zero attached hydrogens (tertiary/aromatic N) is 1. The number of nitrogens with one attached hydrogen (secondary N) is 2. The molecule has 1 rings (SSSR count). The zero-order chi connectivity index (χ0) is 19.9. The largest absolute Gasteiger partial charge is 0.493 e. The number of aryl methyl sites for hydroxylation is 1. The van der Waals surface area contributed by atoms with E-state index >= 15 is 0 Å². The number of hydrogen-bond donors (Lipinski definition) is 2. The number of rotatable bonds is 12. The fraction of sp³-hybridized carbons (Fsp3) is 0.600. The Morgan fingerprint density at radius 3 is 2.44 bits per heavy atom. The molecule has 27 heavy (non-hydrogen) atoms. The fourth-order valence-corrected chi connectivity index (χ4v) is 2.57. The molecular formula is C20H33N3O4. The van der Waals surface area contributed by atoms with Crippen molar-refractivity contribution in [1.82, 2.24) is 10.6 Å². The Hall–Kier alpha value is -2.44. The van der Waals surface area contributed by atoms with Crippen LogP contribution in [-0.2, 0) is 16.0 Å². The summed E-state index contributed by atoms with van der Waals surface area (Å²) in [7, 11) is 4.81. The second kappa shape index (κ2) is 13.7. The van der Waals surface area contributed by atoms with Gasteiger partial charge in [-0.05, 0) is 50.3 Å². The number of carbonyl (C=O) groups is 1. The maximum absolute atomic E-state index is 11.1. The van der Waals surface area contributed by atoms with Crippen molar-refractivity contribution in [2.75, 3.05) is 41.0 Å². The zero-order valence-corrected chi connectivity index (χ0v) is 17.0. The lowest BCUT2D eigenvalue weighted by Crippen LogP contribution is -2.38. The predicted molar refractivity (Wildman–Crippen MR) is 108 cm³/mol. The molecule has 0 saturated carbocycles. The summed E-state index contributed by atoms with van der Waals surface area (Å²) in [6, 6.07) is 6.05. The van der Waals surface area contributed by atoms with E-state index in [2.05, 4.69) is 26.4 Å². The number of hydrogen-bond acceptors (Lipinski definition) is 5. The Morgan fingerprint density at radius 1 is 1.07 bits per heavy atom. The quantitative estimate of drug-likeness (QED) is 0.251. The molecule has 0 atom stereocenters. The standard InChI is InChI=1S/C20H33N3O4/c1-5-27-18-15-16(11-12-17(18)25-3)9-8-14-23-20(21-2)22-13-7-6-10-19(24)26-4/h11-12,15H,5-10,13-14H2,1-4H3,(H2,21,22,23). The van der Waals surface area contributed by atoms with E-state index < -0.39 is 0 Å². The number of unbranched alkanes of at least 4 members (excludes halogenated alkanes) is 1. The molecule has 0 amide bonds. The van der Waals surface area contributed by atoms with Crippen LogP contribution in [0.5, 0.6) is 11.5 Å². The number of guanidine groups is 1. The van der Waals surface area contributed by atoms with Crippen molar-refractivity contribution >= 4 is 11.9 Å². The van der Waals surface area contributed by atoms with E-state index in [0.717, 1.165) is 56.2 Å². The SMILES string of the molecule is CCOc1cc(CCCNC(=NC)NCCCCC(=O)OC)ccc1OC. The molecular weight excluding hydrogens is 346 g/mol. The number of esters is 1. The predicted octanol–water partition coefficient (Wildman–Crippen LogP) is 2.53. The van der Waals surface area contributed by atoms with Crippen molar-refractivity contribution in [3.8, 4) is 11.5 Å². The number of ether oxygens (including phenoxy) is 3. The molecule has 0 saturated heterocycles. The Balaban J connectivity index is 2.27. The summed E-state index contributed by atoms with van der Waals surface area (Å²) >= 11 is 0. The number of carbonyl (C=O) groups excluding carboxylic acids is 1. The molecule has 152 valence electrons. The Bertz CT molecular complexity index is 591. The lowest BCUT2D eigenvalue weighted by molar-refractivity contribution is -0.140. The third-order valence-electron chi connectivity index (χ3n) is 4.01.